The number of aromatic carboxylic acids is 1. The number of benzene rings is 2. The Morgan fingerprint density at radius 1 is 1.11 bits per heavy atom. The molecule has 0 atom stereocenters. The average molecular weight is 369 g/mol. The Labute approximate surface area is 156 Å². The van der Waals surface area contributed by atoms with Crippen LogP contribution in [0.4, 0.5) is 0 Å². The van der Waals surface area contributed by atoms with Gasteiger partial charge in [-0.1, -0.05) is 18.2 Å². The van der Waals surface area contributed by atoms with E-state index in [1.807, 2.05) is 0 Å². The Morgan fingerprint density at radius 3 is 2.56 bits per heavy atom. The molecule has 2 aromatic carbocycles. The molecule has 0 heterocycles. The molecule has 27 heavy (non-hydrogen) atoms. The second-order valence-corrected chi connectivity index (χ2v) is 5.56. The van der Waals surface area contributed by atoms with Crippen LogP contribution in [0, 0.1) is 0 Å². The van der Waals surface area contributed by atoms with Gasteiger partial charge >= 0.3 is 11.9 Å². The molecule has 7 heteroatoms. The number of hydrogen-bond donors (Lipinski definition) is 2. The fourth-order valence-corrected chi connectivity index (χ4v) is 2.26. The predicted octanol–water partition coefficient (Wildman–Crippen LogP) is 2.65. The van der Waals surface area contributed by atoms with Crippen LogP contribution in [-0.2, 0) is 16.1 Å². The first-order chi connectivity index (χ1) is 12.9. The van der Waals surface area contributed by atoms with Gasteiger partial charge in [-0.15, -0.1) is 0 Å². The van der Waals surface area contributed by atoms with Crippen LogP contribution in [0.2, 0.25) is 0 Å². The van der Waals surface area contributed by atoms with Crippen molar-refractivity contribution in [3.8, 4) is 11.5 Å². The summed E-state index contributed by atoms with van der Waals surface area (Å²) in [7, 11) is 1.45. The minimum absolute atomic E-state index is 0.164. The van der Waals surface area contributed by atoms with Crippen LogP contribution in [0.1, 0.15) is 28.4 Å². The Balaban J connectivity index is 1.99. The van der Waals surface area contributed by atoms with Gasteiger partial charge < -0.3 is 19.9 Å². The second-order valence-electron chi connectivity index (χ2n) is 5.56. The summed E-state index contributed by atoms with van der Waals surface area (Å²) >= 11 is 0. The maximum absolute atomic E-state index is 12.0. The van der Waals surface area contributed by atoms with E-state index in [1.165, 1.54) is 32.2 Å². The molecule has 2 N–H and O–H groups in total. The number of nitrogens with one attached hydrogen (secondary N) is 1. The molecule has 140 valence electrons. The third kappa shape index (κ3) is 6.00. The molecule has 0 radical (unpaired) electrons. The molecule has 2 aromatic rings. The van der Waals surface area contributed by atoms with Gasteiger partial charge in [0.25, 0.3) is 0 Å². The number of amides is 1. The maximum Gasteiger partial charge on any atom is 0.335 e. The Morgan fingerprint density at radius 2 is 1.89 bits per heavy atom. The number of carbonyl (C=O) groups excluding carboxylic acids is 2. The van der Waals surface area contributed by atoms with Crippen LogP contribution in [0.5, 0.6) is 11.5 Å². The number of carboxylic acid groups (broad SMARTS) is 1. The highest BCUT2D eigenvalue weighted by Crippen LogP contribution is 2.28. The summed E-state index contributed by atoms with van der Waals surface area (Å²) in [6, 6.07) is 11.2. The van der Waals surface area contributed by atoms with Crippen molar-refractivity contribution in [3.05, 3.63) is 65.2 Å². The highest BCUT2D eigenvalue weighted by molar-refractivity contribution is 5.92. The van der Waals surface area contributed by atoms with Crippen LogP contribution >= 0.6 is 0 Å². The number of esters is 1. The third-order valence-electron chi connectivity index (χ3n) is 3.51. The van der Waals surface area contributed by atoms with Crippen LogP contribution in [0.15, 0.2) is 48.5 Å². The second kappa shape index (κ2) is 9.19. The molecule has 0 aromatic heterocycles. The van der Waals surface area contributed by atoms with E-state index in [1.54, 1.807) is 36.4 Å². The largest absolute Gasteiger partial charge is 0.493 e. The molecule has 0 fully saturated rings. The minimum atomic E-state index is -1.02. The quantitative estimate of drug-likeness (QED) is 0.442. The highest BCUT2D eigenvalue weighted by atomic mass is 16.6. The van der Waals surface area contributed by atoms with E-state index < -0.39 is 11.9 Å². The average Bonchev–Trinajstić information content (AvgIpc) is 2.65. The van der Waals surface area contributed by atoms with Crippen LogP contribution in [0.3, 0.4) is 0 Å². The molecule has 2 rings (SSSR count). The summed E-state index contributed by atoms with van der Waals surface area (Å²) in [5, 5.41) is 11.7. The van der Waals surface area contributed by atoms with E-state index in [0.29, 0.717) is 22.6 Å². The molecule has 0 aliphatic heterocycles. The van der Waals surface area contributed by atoms with Gasteiger partial charge in [-0.25, -0.2) is 4.79 Å². The summed E-state index contributed by atoms with van der Waals surface area (Å²) < 4.78 is 10.2. The van der Waals surface area contributed by atoms with Crippen LogP contribution in [0.25, 0.3) is 6.08 Å². The molecular weight excluding hydrogens is 350 g/mol. The van der Waals surface area contributed by atoms with Gasteiger partial charge in [0.15, 0.2) is 11.5 Å². The predicted molar refractivity (Wildman–Crippen MR) is 98.6 cm³/mol. The number of carboxylic acids is 1. The first-order valence-electron chi connectivity index (χ1n) is 8.03. The first kappa shape index (κ1) is 19.7. The van der Waals surface area contributed by atoms with E-state index in [9.17, 15) is 14.4 Å². The normalized spacial score (nSPS) is 10.4. The SMILES string of the molecule is COc1cc(/C=C/C(=O)NCc2cccc(C(=O)O)c2)ccc1OC(C)=O. The molecule has 1 amide bonds. The Bertz CT molecular complexity index is 888. The van der Waals surface area contributed by atoms with Crippen molar-refractivity contribution in [1.82, 2.24) is 5.32 Å². The highest BCUT2D eigenvalue weighted by Gasteiger charge is 2.07. The van der Waals surface area contributed by atoms with Crippen LogP contribution < -0.4 is 14.8 Å². The van der Waals surface area contributed by atoms with Crippen LogP contribution in [-0.4, -0.2) is 30.1 Å². The van der Waals surface area contributed by atoms with Crippen molar-refractivity contribution in [2.45, 2.75) is 13.5 Å². The van der Waals surface area contributed by atoms with E-state index in [0.717, 1.165) is 0 Å². The van der Waals surface area contributed by atoms with Gasteiger partial charge in [0.2, 0.25) is 5.91 Å². The lowest BCUT2D eigenvalue weighted by Gasteiger charge is -2.08. The van der Waals surface area contributed by atoms with E-state index in [2.05, 4.69) is 5.32 Å². The first-order valence-corrected chi connectivity index (χ1v) is 8.03. The Hall–Kier alpha value is -3.61. The molecule has 7 nitrogen and oxygen atoms in total. The number of carbonyl (C=O) groups is 3. The number of rotatable bonds is 7. The topological polar surface area (TPSA) is 102 Å². The molecule has 0 bridgehead atoms. The smallest absolute Gasteiger partial charge is 0.335 e. The summed E-state index contributed by atoms with van der Waals surface area (Å²) in [4.78, 5) is 34.0. The summed E-state index contributed by atoms with van der Waals surface area (Å²) in [6.45, 7) is 1.50. The molecule has 0 saturated heterocycles. The zero-order chi connectivity index (χ0) is 19.8. The van der Waals surface area contributed by atoms with Gasteiger partial charge in [0.05, 0.1) is 12.7 Å². The zero-order valence-electron chi connectivity index (χ0n) is 14.9. The molecular formula is C20H19NO6. The van der Waals surface area contributed by atoms with Gasteiger partial charge in [0.1, 0.15) is 0 Å². The molecule has 0 spiro atoms. The Kier molecular flexibility index (Phi) is 6.71. The van der Waals surface area contributed by atoms with Gasteiger partial charge in [-0.3, -0.25) is 9.59 Å². The van der Waals surface area contributed by atoms with Crippen molar-refractivity contribution in [2.24, 2.45) is 0 Å². The number of hydrogen-bond acceptors (Lipinski definition) is 5. The number of methoxy groups -OCH3 is 1. The van der Waals surface area contributed by atoms with E-state index in [-0.39, 0.29) is 18.0 Å². The standard InChI is InChI=1S/C20H19NO6/c1-13(22)27-17-8-6-14(11-18(17)26-2)7-9-19(23)21-12-15-4-3-5-16(10-15)20(24)25/h3-11H,12H2,1-2H3,(H,21,23)(H,24,25)/b9-7+. The van der Waals surface area contributed by atoms with Crippen molar-refractivity contribution in [3.63, 3.8) is 0 Å². The minimum Gasteiger partial charge on any atom is -0.493 e. The molecule has 0 aliphatic carbocycles. The van der Waals surface area contributed by atoms with Crippen molar-refractivity contribution in [1.29, 1.82) is 0 Å². The lowest BCUT2D eigenvalue weighted by atomic mass is 10.1. The molecule has 0 aliphatic rings. The fraction of sp³-hybridized carbons (Fsp3) is 0.150. The monoisotopic (exact) mass is 369 g/mol. The molecule has 0 unspecified atom stereocenters. The van der Waals surface area contributed by atoms with Crippen molar-refractivity contribution in [2.75, 3.05) is 7.11 Å². The number of ether oxygens (including phenoxy) is 2. The van der Waals surface area contributed by atoms with E-state index in [4.69, 9.17) is 14.6 Å². The lowest BCUT2D eigenvalue weighted by Crippen LogP contribution is -2.20. The van der Waals surface area contributed by atoms with Crippen molar-refractivity contribution < 1.29 is 29.0 Å². The van der Waals surface area contributed by atoms with Crippen molar-refractivity contribution >= 4 is 23.9 Å². The molecule has 0 saturated carbocycles. The van der Waals surface area contributed by atoms with Gasteiger partial charge in [-0.05, 0) is 41.5 Å². The maximum atomic E-state index is 12.0. The summed E-state index contributed by atoms with van der Waals surface area (Å²) in [6.07, 6.45) is 2.93. The lowest BCUT2D eigenvalue weighted by molar-refractivity contribution is -0.132. The summed E-state index contributed by atoms with van der Waals surface area (Å²) in [5.74, 6) is -1.14. The van der Waals surface area contributed by atoms with Gasteiger partial charge in [0, 0.05) is 19.5 Å². The van der Waals surface area contributed by atoms with E-state index >= 15 is 0 Å². The third-order valence-corrected chi connectivity index (χ3v) is 3.51. The summed E-state index contributed by atoms with van der Waals surface area (Å²) in [5.41, 5.74) is 1.53. The zero-order valence-corrected chi connectivity index (χ0v) is 14.9. The van der Waals surface area contributed by atoms with Gasteiger partial charge in [-0.2, -0.15) is 0 Å². The fourth-order valence-electron chi connectivity index (χ4n) is 2.26.